The molecule has 0 saturated heterocycles. The number of rotatable bonds is 11. The minimum absolute atomic E-state index is 0.202. The maximum atomic E-state index is 11.3. The minimum Gasteiger partial charge on any atom is -0.462 e. The van der Waals surface area contributed by atoms with Gasteiger partial charge in [-0.2, -0.15) is 0 Å². The standard InChI is InChI=1S/C15H26O3/c1-3-14(2)15(17)18-13-11-9-7-5-4-6-8-10-12-16/h3,12H,4-11,13H2,1-2H3. The first kappa shape index (κ1) is 16.9. The van der Waals surface area contributed by atoms with Crippen molar-refractivity contribution in [3.8, 4) is 0 Å². The first-order chi connectivity index (χ1) is 8.72. The first-order valence-electron chi connectivity index (χ1n) is 6.96. The number of aldehydes is 1. The molecule has 0 aliphatic rings. The number of carbonyl (C=O) groups excluding carboxylic acids is 2. The zero-order valence-electron chi connectivity index (χ0n) is 11.7. The zero-order valence-corrected chi connectivity index (χ0v) is 11.7. The molecule has 0 aromatic heterocycles. The van der Waals surface area contributed by atoms with Gasteiger partial charge in [0.2, 0.25) is 0 Å². The summed E-state index contributed by atoms with van der Waals surface area (Å²) >= 11 is 0. The third-order valence-corrected chi connectivity index (χ3v) is 2.95. The van der Waals surface area contributed by atoms with Crippen LogP contribution < -0.4 is 0 Å². The van der Waals surface area contributed by atoms with Gasteiger partial charge in [0.15, 0.2) is 0 Å². The average molecular weight is 254 g/mol. The summed E-state index contributed by atoms with van der Waals surface area (Å²) in [5.74, 6) is -0.202. The summed E-state index contributed by atoms with van der Waals surface area (Å²) in [7, 11) is 0. The highest BCUT2D eigenvalue weighted by Crippen LogP contribution is 2.08. The lowest BCUT2D eigenvalue weighted by molar-refractivity contribution is -0.139. The topological polar surface area (TPSA) is 43.4 Å². The molecule has 0 unspecified atom stereocenters. The summed E-state index contributed by atoms with van der Waals surface area (Å²) in [6, 6.07) is 0. The SMILES string of the molecule is CC=C(C)C(=O)OCCCCCCCCCC=O. The van der Waals surface area contributed by atoms with Gasteiger partial charge in [-0.05, 0) is 26.7 Å². The molecular weight excluding hydrogens is 228 g/mol. The van der Waals surface area contributed by atoms with Gasteiger partial charge < -0.3 is 9.53 Å². The second-order valence-electron chi connectivity index (χ2n) is 4.54. The van der Waals surface area contributed by atoms with Gasteiger partial charge in [0.1, 0.15) is 6.29 Å². The van der Waals surface area contributed by atoms with Gasteiger partial charge in [-0.1, -0.05) is 38.2 Å². The Hall–Kier alpha value is -1.12. The van der Waals surface area contributed by atoms with Gasteiger partial charge in [-0.25, -0.2) is 4.79 Å². The maximum Gasteiger partial charge on any atom is 0.333 e. The van der Waals surface area contributed by atoms with Crippen molar-refractivity contribution < 1.29 is 14.3 Å². The average Bonchev–Trinajstić information content (AvgIpc) is 2.39. The molecule has 0 atom stereocenters. The van der Waals surface area contributed by atoms with Crippen LogP contribution in [0.15, 0.2) is 11.6 Å². The Kier molecular flexibility index (Phi) is 11.6. The normalized spacial score (nSPS) is 11.3. The van der Waals surface area contributed by atoms with Crippen LogP contribution in [0.3, 0.4) is 0 Å². The highest BCUT2D eigenvalue weighted by Gasteiger charge is 2.03. The molecule has 0 N–H and O–H groups in total. The van der Waals surface area contributed by atoms with Crippen molar-refractivity contribution in [1.29, 1.82) is 0 Å². The van der Waals surface area contributed by atoms with Gasteiger partial charge in [-0.3, -0.25) is 0 Å². The number of unbranched alkanes of at least 4 members (excludes halogenated alkanes) is 7. The number of hydrogen-bond donors (Lipinski definition) is 0. The molecule has 3 heteroatoms. The Labute approximate surface area is 111 Å². The van der Waals surface area contributed by atoms with E-state index >= 15 is 0 Å². The van der Waals surface area contributed by atoms with Crippen molar-refractivity contribution >= 4 is 12.3 Å². The lowest BCUT2D eigenvalue weighted by atomic mass is 10.1. The molecular formula is C15H26O3. The smallest absolute Gasteiger partial charge is 0.333 e. The highest BCUT2D eigenvalue weighted by atomic mass is 16.5. The summed E-state index contributed by atoms with van der Waals surface area (Å²) < 4.78 is 5.11. The summed E-state index contributed by atoms with van der Waals surface area (Å²) in [5.41, 5.74) is 0.671. The number of allylic oxidation sites excluding steroid dienone is 1. The van der Waals surface area contributed by atoms with E-state index < -0.39 is 0 Å². The predicted octanol–water partition coefficient (Wildman–Crippen LogP) is 3.82. The van der Waals surface area contributed by atoms with E-state index in [9.17, 15) is 9.59 Å². The largest absolute Gasteiger partial charge is 0.462 e. The second-order valence-corrected chi connectivity index (χ2v) is 4.54. The van der Waals surface area contributed by atoms with E-state index in [2.05, 4.69) is 0 Å². The Morgan fingerprint density at radius 1 is 1.00 bits per heavy atom. The van der Waals surface area contributed by atoms with E-state index in [1.54, 1.807) is 13.0 Å². The van der Waals surface area contributed by atoms with Crippen LogP contribution in [0.5, 0.6) is 0 Å². The molecule has 0 aliphatic heterocycles. The fourth-order valence-electron chi connectivity index (χ4n) is 1.61. The van der Waals surface area contributed by atoms with E-state index in [0.717, 1.165) is 32.0 Å². The number of carbonyl (C=O) groups is 2. The number of hydrogen-bond acceptors (Lipinski definition) is 3. The van der Waals surface area contributed by atoms with Crippen molar-refractivity contribution in [2.45, 2.75) is 65.2 Å². The van der Waals surface area contributed by atoms with Crippen molar-refractivity contribution in [1.82, 2.24) is 0 Å². The molecule has 3 nitrogen and oxygen atoms in total. The van der Waals surface area contributed by atoms with Crippen LogP contribution in [-0.2, 0) is 14.3 Å². The Balaban J connectivity index is 3.21. The van der Waals surface area contributed by atoms with E-state index in [1.165, 1.54) is 19.3 Å². The number of ether oxygens (including phenoxy) is 1. The quantitative estimate of drug-likeness (QED) is 0.244. The van der Waals surface area contributed by atoms with Crippen LogP contribution >= 0.6 is 0 Å². The Morgan fingerprint density at radius 2 is 1.56 bits per heavy atom. The Morgan fingerprint density at radius 3 is 2.11 bits per heavy atom. The van der Waals surface area contributed by atoms with E-state index in [1.807, 2.05) is 6.92 Å². The fourth-order valence-corrected chi connectivity index (χ4v) is 1.61. The molecule has 0 amide bonds. The molecule has 0 radical (unpaired) electrons. The van der Waals surface area contributed by atoms with Crippen molar-refractivity contribution in [2.24, 2.45) is 0 Å². The second kappa shape index (κ2) is 12.3. The molecule has 0 rings (SSSR count). The zero-order chi connectivity index (χ0) is 13.6. The molecule has 104 valence electrons. The summed E-state index contributed by atoms with van der Waals surface area (Å²) in [6.45, 7) is 4.12. The summed E-state index contributed by atoms with van der Waals surface area (Å²) in [4.78, 5) is 21.4. The molecule has 0 aromatic rings. The van der Waals surface area contributed by atoms with E-state index in [0.29, 0.717) is 18.6 Å². The maximum absolute atomic E-state index is 11.3. The molecule has 0 saturated carbocycles. The van der Waals surface area contributed by atoms with E-state index in [4.69, 9.17) is 4.74 Å². The molecule has 0 aliphatic carbocycles. The third-order valence-electron chi connectivity index (χ3n) is 2.95. The van der Waals surface area contributed by atoms with Crippen LogP contribution in [0.25, 0.3) is 0 Å². The third kappa shape index (κ3) is 10.1. The monoisotopic (exact) mass is 254 g/mol. The lowest BCUT2D eigenvalue weighted by Gasteiger charge is -2.04. The first-order valence-corrected chi connectivity index (χ1v) is 6.96. The van der Waals surface area contributed by atoms with E-state index in [-0.39, 0.29) is 5.97 Å². The van der Waals surface area contributed by atoms with Gasteiger partial charge in [0.25, 0.3) is 0 Å². The summed E-state index contributed by atoms with van der Waals surface area (Å²) in [6.07, 6.45) is 11.3. The van der Waals surface area contributed by atoms with Crippen molar-refractivity contribution in [3.63, 3.8) is 0 Å². The minimum atomic E-state index is -0.202. The molecule has 0 aromatic carbocycles. The Bertz CT molecular complexity index is 256. The molecule has 0 heterocycles. The lowest BCUT2D eigenvalue weighted by Crippen LogP contribution is -2.06. The molecule has 0 fully saturated rings. The van der Waals surface area contributed by atoms with Crippen LogP contribution in [0.1, 0.15) is 65.2 Å². The van der Waals surface area contributed by atoms with Gasteiger partial charge in [0, 0.05) is 12.0 Å². The van der Waals surface area contributed by atoms with Crippen LogP contribution in [0.4, 0.5) is 0 Å². The van der Waals surface area contributed by atoms with Crippen LogP contribution in [-0.4, -0.2) is 18.9 Å². The number of esters is 1. The molecule has 0 spiro atoms. The van der Waals surface area contributed by atoms with Gasteiger partial charge in [-0.15, -0.1) is 0 Å². The van der Waals surface area contributed by atoms with Crippen molar-refractivity contribution in [2.75, 3.05) is 6.61 Å². The van der Waals surface area contributed by atoms with Crippen LogP contribution in [0.2, 0.25) is 0 Å². The van der Waals surface area contributed by atoms with Crippen LogP contribution in [0, 0.1) is 0 Å². The highest BCUT2D eigenvalue weighted by molar-refractivity contribution is 5.87. The van der Waals surface area contributed by atoms with Crippen molar-refractivity contribution in [3.05, 3.63) is 11.6 Å². The summed E-state index contributed by atoms with van der Waals surface area (Å²) in [5, 5.41) is 0. The predicted molar refractivity (Wildman–Crippen MR) is 73.4 cm³/mol. The van der Waals surface area contributed by atoms with Gasteiger partial charge in [0.05, 0.1) is 6.61 Å². The molecule has 18 heavy (non-hydrogen) atoms. The van der Waals surface area contributed by atoms with Gasteiger partial charge >= 0.3 is 5.97 Å². The fraction of sp³-hybridized carbons (Fsp3) is 0.733. The molecule has 0 bridgehead atoms.